The second-order valence-electron chi connectivity index (χ2n) is 5.18. The van der Waals surface area contributed by atoms with Gasteiger partial charge in [-0.2, -0.15) is 0 Å². The summed E-state index contributed by atoms with van der Waals surface area (Å²) in [7, 11) is -2.55. The molecule has 0 unspecified atom stereocenters. The Labute approximate surface area is 135 Å². The maximum atomic E-state index is 11.0. The highest BCUT2D eigenvalue weighted by molar-refractivity contribution is 7.72. The van der Waals surface area contributed by atoms with E-state index >= 15 is 0 Å². The molecule has 3 rings (SSSR count). The van der Waals surface area contributed by atoms with Crippen molar-refractivity contribution in [2.24, 2.45) is 0 Å². The zero-order chi connectivity index (χ0) is 16.2. The number of thiol groups is 1. The summed E-state index contributed by atoms with van der Waals surface area (Å²) in [5, 5.41) is 14.1. The van der Waals surface area contributed by atoms with Crippen LogP contribution < -0.4 is 0 Å². The minimum atomic E-state index is -2.55. The quantitative estimate of drug-likeness (QED) is 0.702. The molecule has 0 aliphatic heterocycles. The van der Waals surface area contributed by atoms with E-state index in [0.29, 0.717) is 10.7 Å². The maximum absolute atomic E-state index is 11.0. The van der Waals surface area contributed by atoms with Gasteiger partial charge < -0.3 is 0 Å². The molecule has 2 aromatic carbocycles. The molecular weight excluding hydrogens is 312 g/mol. The van der Waals surface area contributed by atoms with Crippen LogP contribution in [0.1, 0.15) is 18.9 Å². The zero-order valence-electron chi connectivity index (χ0n) is 12.6. The summed E-state index contributed by atoms with van der Waals surface area (Å²) in [5.41, 5.74) is 4.08. The summed E-state index contributed by atoms with van der Waals surface area (Å²) in [4.78, 5) is 0.311. The number of nitrogens with zero attached hydrogens (tertiary/aromatic N) is 3. The van der Waals surface area contributed by atoms with Crippen molar-refractivity contribution in [1.82, 2.24) is 20.6 Å². The van der Waals surface area contributed by atoms with Crippen LogP contribution in [-0.2, 0) is 17.1 Å². The first-order valence-electron chi connectivity index (χ1n) is 7.31. The molecule has 0 saturated carbocycles. The third-order valence-electron chi connectivity index (χ3n) is 3.64. The number of rotatable bonds is 5. The number of nitrogens with one attached hydrogen (secondary N) is 1. The lowest BCUT2D eigenvalue weighted by atomic mass is 9.96. The van der Waals surface area contributed by atoms with E-state index in [1.165, 1.54) is 5.56 Å². The molecule has 23 heavy (non-hydrogen) atoms. The molecule has 0 saturated heterocycles. The molecule has 7 heteroatoms. The summed E-state index contributed by atoms with van der Waals surface area (Å²) in [6.45, 7) is 2.12. The Morgan fingerprint density at radius 1 is 1.04 bits per heavy atom. The molecule has 118 valence electrons. The molecule has 1 aromatic heterocycles. The van der Waals surface area contributed by atoms with Crippen LogP contribution in [0.4, 0.5) is 0 Å². The summed E-state index contributed by atoms with van der Waals surface area (Å²) >= 11 is 0. The van der Waals surface area contributed by atoms with Gasteiger partial charge in [-0.1, -0.05) is 37.6 Å². The van der Waals surface area contributed by atoms with Crippen LogP contribution in [0.5, 0.6) is 0 Å². The average Bonchev–Trinajstić information content (AvgIpc) is 3.10. The van der Waals surface area contributed by atoms with E-state index in [-0.39, 0.29) is 0 Å². The van der Waals surface area contributed by atoms with Gasteiger partial charge in [0.15, 0.2) is 16.5 Å². The summed E-state index contributed by atoms with van der Waals surface area (Å²) in [6.07, 6.45) is 1.96. The van der Waals surface area contributed by atoms with E-state index in [1.807, 2.05) is 12.1 Å². The number of aromatic nitrogens is 4. The normalized spacial score (nSPS) is 11.0. The van der Waals surface area contributed by atoms with E-state index in [2.05, 4.69) is 33.6 Å². The second-order valence-corrected chi connectivity index (χ2v) is 6.21. The van der Waals surface area contributed by atoms with Gasteiger partial charge in [0.2, 0.25) is 0 Å². The number of hydrogen-bond donors (Lipinski definition) is 2. The van der Waals surface area contributed by atoms with E-state index in [1.54, 1.807) is 24.3 Å². The molecular formula is C16H16N4O2S. The molecule has 0 amide bonds. The van der Waals surface area contributed by atoms with Crippen LogP contribution >= 0.6 is 0 Å². The minimum Gasteiger partial charge on any atom is -0.239 e. The van der Waals surface area contributed by atoms with Gasteiger partial charge in [0, 0.05) is 5.56 Å². The SMILES string of the molecule is CCCc1ccc(-c2ccc([SH](=O)=O)cc2)cc1-c1nnn[nH]1. The lowest BCUT2D eigenvalue weighted by Crippen LogP contribution is -1.93. The fraction of sp³-hybridized carbons (Fsp3) is 0.188. The van der Waals surface area contributed by atoms with Crippen molar-refractivity contribution in [3.63, 3.8) is 0 Å². The Bertz CT molecular complexity index is 864. The Morgan fingerprint density at radius 3 is 2.39 bits per heavy atom. The van der Waals surface area contributed by atoms with Crippen LogP contribution in [0.25, 0.3) is 22.5 Å². The molecule has 0 bridgehead atoms. The van der Waals surface area contributed by atoms with Crippen LogP contribution in [0.15, 0.2) is 47.4 Å². The molecule has 3 aromatic rings. The Hall–Kier alpha value is -2.54. The predicted octanol–water partition coefficient (Wildman–Crippen LogP) is 2.46. The fourth-order valence-corrected chi connectivity index (χ4v) is 2.91. The highest BCUT2D eigenvalue weighted by Gasteiger charge is 2.10. The highest BCUT2D eigenvalue weighted by atomic mass is 32.2. The first-order chi connectivity index (χ1) is 11.2. The number of tetrazole rings is 1. The Morgan fingerprint density at radius 2 is 1.78 bits per heavy atom. The minimum absolute atomic E-state index is 0.311. The predicted molar refractivity (Wildman–Crippen MR) is 87.6 cm³/mol. The third-order valence-corrected chi connectivity index (χ3v) is 4.36. The molecule has 0 spiro atoms. The lowest BCUT2D eigenvalue weighted by Gasteiger charge is -2.09. The van der Waals surface area contributed by atoms with Gasteiger partial charge in [0.05, 0.1) is 4.90 Å². The van der Waals surface area contributed by atoms with Gasteiger partial charge in [-0.05, 0) is 51.7 Å². The Kier molecular flexibility index (Phi) is 4.47. The smallest absolute Gasteiger partial charge is 0.179 e. The molecule has 6 nitrogen and oxygen atoms in total. The van der Waals surface area contributed by atoms with Gasteiger partial charge >= 0.3 is 0 Å². The van der Waals surface area contributed by atoms with Crippen LogP contribution in [0.3, 0.4) is 0 Å². The van der Waals surface area contributed by atoms with Crippen molar-refractivity contribution >= 4 is 10.7 Å². The standard InChI is InChI=1S/C16H16N4O2S/c1-2-3-12-4-5-13(10-15(12)16-17-19-20-18-16)11-6-8-14(9-7-11)23(21)22/h4-10,23H,2-3H2,1H3,(H,17,18,19,20). The molecule has 1 N–H and O–H groups in total. The van der Waals surface area contributed by atoms with Crippen molar-refractivity contribution in [3.05, 3.63) is 48.0 Å². The number of aryl methyl sites for hydroxylation is 1. The van der Waals surface area contributed by atoms with Gasteiger partial charge in [-0.3, -0.25) is 0 Å². The fourth-order valence-electron chi connectivity index (χ4n) is 2.51. The highest BCUT2D eigenvalue weighted by Crippen LogP contribution is 2.28. The largest absolute Gasteiger partial charge is 0.239 e. The number of H-pyrrole nitrogens is 1. The van der Waals surface area contributed by atoms with Crippen LogP contribution in [0, 0.1) is 0 Å². The van der Waals surface area contributed by atoms with Gasteiger partial charge in [0.1, 0.15) is 0 Å². The summed E-state index contributed by atoms with van der Waals surface area (Å²) in [5.74, 6) is 0.634. The van der Waals surface area contributed by atoms with Gasteiger partial charge in [-0.15, -0.1) is 5.10 Å². The van der Waals surface area contributed by atoms with Crippen molar-refractivity contribution in [2.75, 3.05) is 0 Å². The van der Waals surface area contributed by atoms with Crippen LogP contribution in [0.2, 0.25) is 0 Å². The number of hydrogen-bond acceptors (Lipinski definition) is 5. The Balaban J connectivity index is 2.05. The van der Waals surface area contributed by atoms with Crippen LogP contribution in [-0.4, -0.2) is 29.0 Å². The molecule has 0 fully saturated rings. The monoisotopic (exact) mass is 328 g/mol. The summed E-state index contributed by atoms with van der Waals surface area (Å²) < 4.78 is 22.0. The zero-order valence-corrected chi connectivity index (χ0v) is 13.5. The van der Waals surface area contributed by atoms with Crippen molar-refractivity contribution in [2.45, 2.75) is 24.7 Å². The average molecular weight is 328 g/mol. The molecule has 0 aliphatic rings. The number of benzene rings is 2. The van der Waals surface area contributed by atoms with E-state index < -0.39 is 10.7 Å². The van der Waals surface area contributed by atoms with E-state index in [0.717, 1.165) is 29.5 Å². The van der Waals surface area contributed by atoms with Gasteiger partial charge in [-0.25, -0.2) is 13.5 Å². The van der Waals surface area contributed by atoms with Crippen molar-refractivity contribution in [3.8, 4) is 22.5 Å². The number of aromatic amines is 1. The van der Waals surface area contributed by atoms with Crippen molar-refractivity contribution < 1.29 is 8.42 Å². The maximum Gasteiger partial charge on any atom is 0.179 e. The first kappa shape index (κ1) is 15.4. The molecule has 1 heterocycles. The third kappa shape index (κ3) is 3.29. The van der Waals surface area contributed by atoms with Crippen molar-refractivity contribution in [1.29, 1.82) is 0 Å². The lowest BCUT2D eigenvalue weighted by molar-refractivity contribution is 0.614. The van der Waals surface area contributed by atoms with Gasteiger partial charge in [0.25, 0.3) is 0 Å². The summed E-state index contributed by atoms with van der Waals surface area (Å²) in [6, 6.07) is 12.9. The molecule has 0 atom stereocenters. The molecule has 0 aliphatic carbocycles. The van der Waals surface area contributed by atoms with E-state index in [4.69, 9.17) is 0 Å². The van der Waals surface area contributed by atoms with E-state index in [9.17, 15) is 8.42 Å². The molecule has 0 radical (unpaired) electrons. The topological polar surface area (TPSA) is 88.6 Å². The first-order valence-corrected chi connectivity index (χ1v) is 8.48. The second kappa shape index (κ2) is 6.70.